The van der Waals surface area contributed by atoms with Gasteiger partial charge in [-0.05, 0) is 24.9 Å². The first-order chi connectivity index (χ1) is 14.2. The summed E-state index contributed by atoms with van der Waals surface area (Å²) in [4.78, 5) is 12.0. The number of hydrazine groups is 1. The minimum Gasteiger partial charge on any atom is -0.470 e. The van der Waals surface area contributed by atoms with Gasteiger partial charge < -0.3 is 18.5 Å². The molecule has 0 saturated carbocycles. The number of carbonyl (C=O) groups excluding carboxylic acids is 1. The highest BCUT2D eigenvalue weighted by atomic mass is 16.7. The number of hydrogen-bond donors (Lipinski definition) is 1. The van der Waals surface area contributed by atoms with E-state index >= 15 is 0 Å². The molecule has 4 rings (SSSR count). The van der Waals surface area contributed by atoms with Crippen LogP contribution >= 0.6 is 0 Å². The molecule has 1 aliphatic rings. The van der Waals surface area contributed by atoms with Crippen LogP contribution in [0.15, 0.2) is 45.4 Å². The van der Waals surface area contributed by atoms with E-state index in [1.54, 1.807) is 0 Å². The number of benzene rings is 1. The van der Waals surface area contributed by atoms with Gasteiger partial charge in [-0.15, -0.1) is 0 Å². The van der Waals surface area contributed by atoms with E-state index in [2.05, 4.69) is 15.7 Å². The van der Waals surface area contributed by atoms with Crippen molar-refractivity contribution in [3.05, 3.63) is 47.7 Å². The number of piperidine rings is 1. The fourth-order valence-corrected chi connectivity index (χ4v) is 3.14. The Labute approximate surface area is 167 Å². The quantitative estimate of drug-likeness (QED) is 0.670. The molecule has 2 aromatic heterocycles. The van der Waals surface area contributed by atoms with Gasteiger partial charge in [0.15, 0.2) is 0 Å². The summed E-state index contributed by atoms with van der Waals surface area (Å²) in [6.07, 6.45) is 2.66. The molecule has 3 aromatic rings. The molecule has 0 radical (unpaired) electrons. The number of nitrogens with one attached hydrogen (secondary N) is 1. The summed E-state index contributed by atoms with van der Waals surface area (Å²) in [5.41, 5.74) is 5.14. The van der Waals surface area contributed by atoms with Crippen molar-refractivity contribution < 1.29 is 23.3 Å². The van der Waals surface area contributed by atoms with Gasteiger partial charge in [0.1, 0.15) is 18.1 Å². The summed E-state index contributed by atoms with van der Waals surface area (Å²) < 4.78 is 21.1. The molecular formula is C20H22N4O5. The van der Waals surface area contributed by atoms with Crippen LogP contribution in [0.5, 0.6) is 11.8 Å². The van der Waals surface area contributed by atoms with Crippen LogP contribution in [0.1, 0.15) is 30.6 Å². The van der Waals surface area contributed by atoms with Crippen LogP contribution in [0.3, 0.4) is 0 Å². The summed E-state index contributed by atoms with van der Waals surface area (Å²) in [5, 5.41) is 9.73. The number of nitrogens with zero attached hydrogens (tertiary/aromatic N) is 3. The van der Waals surface area contributed by atoms with Gasteiger partial charge in [-0.2, -0.15) is 0 Å². The van der Waals surface area contributed by atoms with Gasteiger partial charge in [-0.1, -0.05) is 41.9 Å². The molecule has 1 aromatic carbocycles. The predicted octanol–water partition coefficient (Wildman–Crippen LogP) is 3.71. The van der Waals surface area contributed by atoms with Gasteiger partial charge in [-0.25, -0.2) is 9.80 Å². The zero-order valence-electron chi connectivity index (χ0n) is 16.1. The van der Waals surface area contributed by atoms with Crippen LogP contribution in [0.25, 0.3) is 11.3 Å². The van der Waals surface area contributed by atoms with Gasteiger partial charge >= 0.3 is 12.0 Å². The maximum absolute atomic E-state index is 12.0. The maximum Gasteiger partial charge on any atom is 0.429 e. The Balaban J connectivity index is 1.34. The monoisotopic (exact) mass is 398 g/mol. The number of hydrogen-bond acceptors (Lipinski definition) is 8. The Kier molecular flexibility index (Phi) is 5.76. The van der Waals surface area contributed by atoms with Crippen molar-refractivity contribution >= 4 is 6.09 Å². The van der Waals surface area contributed by atoms with Crippen molar-refractivity contribution in [3.63, 3.8) is 0 Å². The maximum atomic E-state index is 12.0. The molecule has 1 saturated heterocycles. The van der Waals surface area contributed by atoms with Crippen molar-refractivity contribution in [1.29, 1.82) is 0 Å². The molecule has 0 spiro atoms. The summed E-state index contributed by atoms with van der Waals surface area (Å²) in [7, 11) is 0. The fourth-order valence-electron chi connectivity index (χ4n) is 3.14. The second kappa shape index (κ2) is 8.78. The fraction of sp³-hybridized carbons (Fsp3) is 0.350. The van der Waals surface area contributed by atoms with Crippen LogP contribution in [0, 0.1) is 6.92 Å². The van der Waals surface area contributed by atoms with E-state index in [-0.39, 0.29) is 18.4 Å². The molecule has 1 N–H and O–H groups in total. The molecule has 29 heavy (non-hydrogen) atoms. The number of rotatable bonds is 6. The highest BCUT2D eigenvalue weighted by Gasteiger charge is 2.18. The Morgan fingerprint density at radius 3 is 2.72 bits per heavy atom. The molecule has 152 valence electrons. The topological polar surface area (TPSA) is 103 Å². The van der Waals surface area contributed by atoms with Crippen molar-refractivity contribution in [1.82, 2.24) is 20.7 Å². The molecule has 9 nitrogen and oxygen atoms in total. The molecule has 3 heterocycles. The second-order valence-electron chi connectivity index (χ2n) is 6.75. The molecule has 0 aliphatic carbocycles. The number of aromatic nitrogens is 2. The Bertz CT molecular complexity index is 947. The summed E-state index contributed by atoms with van der Waals surface area (Å²) in [6.45, 7) is 3.62. The van der Waals surface area contributed by atoms with Crippen LogP contribution in [-0.4, -0.2) is 34.5 Å². The molecule has 1 aliphatic heterocycles. The van der Waals surface area contributed by atoms with Crippen molar-refractivity contribution in [2.24, 2.45) is 0 Å². The largest absolute Gasteiger partial charge is 0.470 e. The van der Waals surface area contributed by atoms with Crippen molar-refractivity contribution in [2.45, 2.75) is 32.8 Å². The summed E-state index contributed by atoms with van der Waals surface area (Å²) in [5.74, 6) is 0.815. The van der Waals surface area contributed by atoms with E-state index in [4.69, 9.17) is 18.5 Å². The lowest BCUT2D eigenvalue weighted by Crippen LogP contribution is -2.46. The second-order valence-corrected chi connectivity index (χ2v) is 6.75. The molecule has 1 amide bonds. The number of carbonyl (C=O) groups is 1. The van der Waals surface area contributed by atoms with E-state index in [1.165, 1.54) is 12.5 Å². The average molecular weight is 398 g/mol. The van der Waals surface area contributed by atoms with Gasteiger partial charge in [0, 0.05) is 18.7 Å². The summed E-state index contributed by atoms with van der Waals surface area (Å²) >= 11 is 0. The smallest absolute Gasteiger partial charge is 0.429 e. The minimum absolute atomic E-state index is 0.0418. The van der Waals surface area contributed by atoms with E-state index in [9.17, 15) is 4.79 Å². The van der Waals surface area contributed by atoms with Gasteiger partial charge in [0.05, 0.1) is 11.6 Å². The number of amides is 1. The Hall–Kier alpha value is -3.33. The SMILES string of the molecule is Cc1onc(-c2ccccc2)c1COc1cc(OC(=O)NN2CCCCC2)on1. The van der Waals surface area contributed by atoms with Gasteiger partial charge in [-0.3, -0.25) is 5.43 Å². The molecule has 9 heteroatoms. The molecule has 0 atom stereocenters. The normalized spacial score (nSPS) is 14.5. The first-order valence-corrected chi connectivity index (χ1v) is 9.52. The van der Waals surface area contributed by atoms with Crippen LogP contribution in [0.2, 0.25) is 0 Å². The third-order valence-electron chi connectivity index (χ3n) is 4.66. The zero-order chi connectivity index (χ0) is 20.1. The summed E-state index contributed by atoms with van der Waals surface area (Å²) in [6, 6.07) is 11.1. The first kappa shape index (κ1) is 19.0. The zero-order valence-corrected chi connectivity index (χ0v) is 16.1. The van der Waals surface area contributed by atoms with E-state index < -0.39 is 6.09 Å². The van der Waals surface area contributed by atoms with Gasteiger partial charge in [0.25, 0.3) is 5.88 Å². The molecule has 0 unspecified atom stereocenters. The highest BCUT2D eigenvalue weighted by molar-refractivity contribution is 5.69. The molecule has 1 fully saturated rings. The van der Waals surface area contributed by atoms with Crippen molar-refractivity contribution in [3.8, 4) is 23.1 Å². The Morgan fingerprint density at radius 2 is 1.93 bits per heavy atom. The third kappa shape index (κ3) is 4.75. The molecule has 0 bridgehead atoms. The lowest BCUT2D eigenvalue weighted by atomic mass is 10.1. The van der Waals surface area contributed by atoms with E-state index in [0.29, 0.717) is 11.5 Å². The number of aryl methyl sites for hydroxylation is 1. The van der Waals surface area contributed by atoms with Crippen molar-refractivity contribution in [2.75, 3.05) is 13.1 Å². The highest BCUT2D eigenvalue weighted by Crippen LogP contribution is 2.27. The lowest BCUT2D eigenvalue weighted by Gasteiger charge is -2.25. The van der Waals surface area contributed by atoms with Crippen LogP contribution < -0.4 is 14.9 Å². The average Bonchev–Trinajstić information content (AvgIpc) is 3.34. The van der Waals surface area contributed by atoms with Gasteiger partial charge in [0.2, 0.25) is 0 Å². The standard InChI is InChI=1S/C20H22N4O5/c1-14-16(19(23-28-14)15-8-4-2-5-9-15)13-26-17-12-18(29-22-17)27-20(25)21-24-10-6-3-7-11-24/h2,4-5,8-9,12H,3,6-7,10-11,13H2,1H3,(H,21,25). The van der Waals surface area contributed by atoms with E-state index in [0.717, 1.165) is 37.1 Å². The predicted molar refractivity (Wildman–Crippen MR) is 102 cm³/mol. The van der Waals surface area contributed by atoms with E-state index in [1.807, 2.05) is 42.3 Å². The minimum atomic E-state index is -0.615. The third-order valence-corrected chi connectivity index (χ3v) is 4.66. The number of ether oxygens (including phenoxy) is 2. The first-order valence-electron chi connectivity index (χ1n) is 9.52. The lowest BCUT2D eigenvalue weighted by molar-refractivity contribution is 0.119. The Morgan fingerprint density at radius 1 is 1.14 bits per heavy atom. The molecular weight excluding hydrogens is 376 g/mol. The van der Waals surface area contributed by atoms with Crippen LogP contribution in [-0.2, 0) is 6.61 Å². The van der Waals surface area contributed by atoms with Crippen LogP contribution in [0.4, 0.5) is 4.79 Å².